The highest BCUT2D eigenvalue weighted by atomic mass is 16.2. The second-order valence-corrected chi connectivity index (χ2v) is 5.67. The second-order valence-electron chi connectivity index (χ2n) is 5.67. The fourth-order valence-electron chi connectivity index (χ4n) is 2.68. The van der Waals surface area contributed by atoms with Crippen LogP contribution in [0.2, 0.25) is 0 Å². The van der Waals surface area contributed by atoms with E-state index in [4.69, 9.17) is 0 Å². The molecule has 1 aliphatic heterocycles. The highest BCUT2D eigenvalue weighted by Crippen LogP contribution is 2.39. The first-order chi connectivity index (χ1) is 8.52. The molecule has 0 aromatic heterocycles. The smallest absolute Gasteiger partial charge is 0.314 e. The van der Waals surface area contributed by atoms with Crippen LogP contribution in [0, 0.1) is 11.8 Å². The van der Waals surface area contributed by atoms with E-state index in [0.717, 1.165) is 5.69 Å². The average Bonchev–Trinajstić information content (AvgIpc) is 3.05. The third kappa shape index (κ3) is 2.50. The van der Waals surface area contributed by atoms with Gasteiger partial charge in [-0.05, 0) is 24.0 Å². The standard InChI is InChI=1S/C15H22N2O/c1-10(2)13-14(11(3)4)17(13)15(18)16-12-8-6-5-7-9-12/h5-11,13-14H,1-4H3,(H,16,18)/t13-,14-/m1/s1. The lowest BCUT2D eigenvalue weighted by atomic mass is 10.0. The first-order valence-electron chi connectivity index (χ1n) is 6.66. The number of anilines is 1. The van der Waals surface area contributed by atoms with Gasteiger partial charge in [0.25, 0.3) is 0 Å². The van der Waals surface area contributed by atoms with Gasteiger partial charge in [0.1, 0.15) is 0 Å². The number of carbonyl (C=O) groups is 1. The van der Waals surface area contributed by atoms with Crippen LogP contribution >= 0.6 is 0 Å². The van der Waals surface area contributed by atoms with Gasteiger partial charge in [0, 0.05) is 5.69 Å². The minimum atomic E-state index is 0.0265. The Balaban J connectivity index is 2.02. The molecule has 1 heterocycles. The number of rotatable bonds is 3. The minimum Gasteiger partial charge on any atom is -0.314 e. The van der Waals surface area contributed by atoms with Gasteiger partial charge in [-0.1, -0.05) is 45.9 Å². The van der Waals surface area contributed by atoms with E-state index >= 15 is 0 Å². The second kappa shape index (κ2) is 5.01. The molecule has 1 saturated heterocycles. The van der Waals surface area contributed by atoms with Gasteiger partial charge in [-0.3, -0.25) is 0 Å². The lowest BCUT2D eigenvalue weighted by molar-refractivity contribution is 0.234. The highest BCUT2D eigenvalue weighted by Gasteiger charge is 2.53. The molecule has 1 N–H and O–H groups in total. The Kier molecular flexibility index (Phi) is 3.60. The van der Waals surface area contributed by atoms with Gasteiger partial charge < -0.3 is 10.2 Å². The molecule has 18 heavy (non-hydrogen) atoms. The maximum atomic E-state index is 12.2. The van der Waals surface area contributed by atoms with E-state index < -0.39 is 0 Å². The van der Waals surface area contributed by atoms with E-state index in [2.05, 4.69) is 33.0 Å². The van der Waals surface area contributed by atoms with Crippen LogP contribution in [-0.4, -0.2) is 23.0 Å². The molecule has 0 unspecified atom stereocenters. The summed E-state index contributed by atoms with van der Waals surface area (Å²) < 4.78 is 0. The van der Waals surface area contributed by atoms with Crippen molar-refractivity contribution in [3.8, 4) is 0 Å². The van der Waals surface area contributed by atoms with Gasteiger partial charge in [0.15, 0.2) is 0 Å². The predicted molar refractivity (Wildman–Crippen MR) is 74.6 cm³/mol. The molecule has 0 bridgehead atoms. The number of urea groups is 1. The largest absolute Gasteiger partial charge is 0.322 e. The van der Waals surface area contributed by atoms with E-state index in [1.807, 2.05) is 35.2 Å². The van der Waals surface area contributed by atoms with E-state index in [1.165, 1.54) is 0 Å². The molecular weight excluding hydrogens is 224 g/mol. The van der Waals surface area contributed by atoms with Crippen molar-refractivity contribution >= 4 is 11.7 Å². The van der Waals surface area contributed by atoms with Crippen LogP contribution < -0.4 is 5.32 Å². The molecular formula is C15H22N2O. The van der Waals surface area contributed by atoms with Crippen LogP contribution in [0.15, 0.2) is 30.3 Å². The van der Waals surface area contributed by atoms with Crippen molar-refractivity contribution in [2.75, 3.05) is 5.32 Å². The van der Waals surface area contributed by atoms with Crippen molar-refractivity contribution in [2.24, 2.45) is 11.8 Å². The monoisotopic (exact) mass is 246 g/mol. The molecule has 1 aromatic rings. The molecule has 0 aliphatic carbocycles. The molecule has 2 atom stereocenters. The van der Waals surface area contributed by atoms with E-state index in [9.17, 15) is 4.79 Å². The van der Waals surface area contributed by atoms with Gasteiger partial charge in [0.05, 0.1) is 12.1 Å². The van der Waals surface area contributed by atoms with Crippen molar-refractivity contribution in [2.45, 2.75) is 39.8 Å². The number of benzene rings is 1. The third-order valence-electron chi connectivity index (χ3n) is 3.53. The first-order valence-corrected chi connectivity index (χ1v) is 6.66. The molecule has 2 rings (SSSR count). The van der Waals surface area contributed by atoms with E-state index in [-0.39, 0.29) is 6.03 Å². The van der Waals surface area contributed by atoms with E-state index in [1.54, 1.807) is 0 Å². The van der Waals surface area contributed by atoms with Gasteiger partial charge >= 0.3 is 6.03 Å². The van der Waals surface area contributed by atoms with Crippen LogP contribution in [0.1, 0.15) is 27.7 Å². The Morgan fingerprint density at radius 3 is 2.00 bits per heavy atom. The molecule has 2 amide bonds. The van der Waals surface area contributed by atoms with Gasteiger partial charge in [-0.2, -0.15) is 0 Å². The Hall–Kier alpha value is -1.51. The number of nitrogens with zero attached hydrogens (tertiary/aromatic N) is 1. The minimum absolute atomic E-state index is 0.0265. The fourth-order valence-corrected chi connectivity index (χ4v) is 2.68. The summed E-state index contributed by atoms with van der Waals surface area (Å²) in [7, 11) is 0. The topological polar surface area (TPSA) is 32.1 Å². The van der Waals surface area contributed by atoms with Crippen molar-refractivity contribution in [1.82, 2.24) is 4.90 Å². The fraction of sp³-hybridized carbons (Fsp3) is 0.533. The maximum Gasteiger partial charge on any atom is 0.322 e. The number of para-hydroxylation sites is 1. The molecule has 98 valence electrons. The summed E-state index contributed by atoms with van der Waals surface area (Å²) in [4.78, 5) is 14.2. The first kappa shape index (κ1) is 12.9. The molecule has 3 nitrogen and oxygen atoms in total. The Bertz CT molecular complexity index is 400. The van der Waals surface area contributed by atoms with E-state index in [0.29, 0.717) is 23.9 Å². The molecule has 0 saturated carbocycles. The van der Waals surface area contributed by atoms with Gasteiger partial charge in [0.2, 0.25) is 0 Å². The third-order valence-corrected chi connectivity index (χ3v) is 3.53. The molecule has 0 spiro atoms. The van der Waals surface area contributed by atoms with Crippen LogP contribution in [0.5, 0.6) is 0 Å². The lowest BCUT2D eigenvalue weighted by Crippen LogP contribution is -2.23. The normalized spacial score (nSPS) is 22.4. The molecule has 3 heteroatoms. The van der Waals surface area contributed by atoms with Gasteiger partial charge in [-0.15, -0.1) is 0 Å². The molecule has 1 aliphatic rings. The molecule has 1 fully saturated rings. The zero-order valence-electron chi connectivity index (χ0n) is 11.6. The van der Waals surface area contributed by atoms with Crippen molar-refractivity contribution < 1.29 is 4.79 Å². The zero-order chi connectivity index (χ0) is 13.3. The summed E-state index contributed by atoms with van der Waals surface area (Å²) in [6, 6.07) is 10.4. The van der Waals surface area contributed by atoms with Gasteiger partial charge in [-0.25, -0.2) is 4.79 Å². The SMILES string of the molecule is CC(C)[C@@H]1[C@@H](C(C)C)N1C(=O)Nc1ccccc1. The van der Waals surface area contributed by atoms with Crippen LogP contribution in [0.25, 0.3) is 0 Å². The summed E-state index contributed by atoms with van der Waals surface area (Å²) in [5.74, 6) is 1.03. The number of amides is 2. The van der Waals surface area contributed by atoms with Crippen LogP contribution in [0.3, 0.4) is 0 Å². The lowest BCUT2D eigenvalue weighted by Gasteiger charge is -2.09. The van der Waals surface area contributed by atoms with Crippen LogP contribution in [0.4, 0.5) is 10.5 Å². The molecule has 1 aromatic carbocycles. The quantitative estimate of drug-likeness (QED) is 0.812. The number of nitrogens with one attached hydrogen (secondary N) is 1. The van der Waals surface area contributed by atoms with Crippen molar-refractivity contribution in [1.29, 1.82) is 0 Å². The van der Waals surface area contributed by atoms with Crippen LogP contribution in [-0.2, 0) is 0 Å². The van der Waals surface area contributed by atoms with Crippen molar-refractivity contribution in [3.05, 3.63) is 30.3 Å². The Morgan fingerprint density at radius 2 is 1.56 bits per heavy atom. The summed E-state index contributed by atoms with van der Waals surface area (Å²) in [5.41, 5.74) is 0.861. The maximum absolute atomic E-state index is 12.2. The highest BCUT2D eigenvalue weighted by molar-refractivity contribution is 5.91. The summed E-state index contributed by atoms with van der Waals surface area (Å²) in [6.07, 6.45) is 0. The number of hydrogen-bond acceptors (Lipinski definition) is 1. The number of carbonyl (C=O) groups excluding carboxylic acids is 1. The Labute approximate surface area is 109 Å². The number of hydrogen-bond donors (Lipinski definition) is 1. The summed E-state index contributed by atoms with van der Waals surface area (Å²) in [5, 5.41) is 2.96. The summed E-state index contributed by atoms with van der Waals surface area (Å²) in [6.45, 7) is 8.71. The van der Waals surface area contributed by atoms with Crippen molar-refractivity contribution in [3.63, 3.8) is 0 Å². The zero-order valence-corrected chi connectivity index (χ0v) is 11.6. The Morgan fingerprint density at radius 1 is 1.06 bits per heavy atom. The summed E-state index contributed by atoms with van der Waals surface area (Å²) >= 11 is 0. The molecule has 0 radical (unpaired) electrons. The predicted octanol–water partition coefficient (Wildman–Crippen LogP) is 3.58. The average molecular weight is 246 g/mol.